The number of thiophene rings is 1. The van der Waals surface area contributed by atoms with E-state index < -0.39 is 16.1 Å². The fourth-order valence-corrected chi connectivity index (χ4v) is 4.27. The second-order valence-electron chi connectivity index (χ2n) is 3.90. The molecule has 8 nitrogen and oxygen atoms in total. The van der Waals surface area contributed by atoms with Crippen molar-refractivity contribution < 1.29 is 13.5 Å². The first kappa shape index (κ1) is 14.1. The van der Waals surface area contributed by atoms with Gasteiger partial charge in [-0.25, -0.2) is 13.1 Å². The number of aromatic nitrogens is 4. The Morgan fingerprint density at radius 3 is 2.84 bits per heavy atom. The highest BCUT2D eigenvalue weighted by molar-refractivity contribution is 7.89. The second-order valence-corrected chi connectivity index (χ2v) is 6.93. The van der Waals surface area contributed by atoms with Crippen LogP contribution in [0.15, 0.2) is 11.0 Å². The molecule has 0 aliphatic heterocycles. The van der Waals surface area contributed by atoms with Crippen molar-refractivity contribution in [1.29, 1.82) is 0 Å². The summed E-state index contributed by atoms with van der Waals surface area (Å²) >= 11 is 1.25. The third-order valence-corrected chi connectivity index (χ3v) is 5.28. The zero-order chi connectivity index (χ0) is 14.0. The Balaban J connectivity index is 2.25. The first-order valence-corrected chi connectivity index (χ1v) is 7.70. The largest absolute Gasteiger partial charge is 0.391 e. The SMILES string of the molecule is Cc1sc(CO)cc1S(=O)(=O)NC(C)c1nn[nH]n1. The van der Waals surface area contributed by atoms with E-state index in [1.165, 1.54) is 17.4 Å². The molecule has 0 radical (unpaired) electrons. The van der Waals surface area contributed by atoms with Crippen LogP contribution in [0.4, 0.5) is 0 Å². The minimum atomic E-state index is -3.68. The number of tetrazole rings is 1. The Hall–Kier alpha value is -1.36. The monoisotopic (exact) mass is 303 g/mol. The molecule has 0 saturated carbocycles. The molecule has 3 N–H and O–H groups in total. The smallest absolute Gasteiger partial charge is 0.242 e. The third-order valence-electron chi connectivity index (χ3n) is 2.45. The molecule has 1 atom stereocenters. The molecule has 0 amide bonds. The van der Waals surface area contributed by atoms with E-state index in [1.807, 2.05) is 0 Å². The van der Waals surface area contributed by atoms with Crippen molar-refractivity contribution in [3.8, 4) is 0 Å². The van der Waals surface area contributed by atoms with Crippen molar-refractivity contribution in [3.05, 3.63) is 21.6 Å². The van der Waals surface area contributed by atoms with Gasteiger partial charge in [-0.3, -0.25) is 0 Å². The lowest BCUT2D eigenvalue weighted by Gasteiger charge is -2.10. The fraction of sp³-hybridized carbons (Fsp3) is 0.444. The first-order chi connectivity index (χ1) is 8.94. The van der Waals surface area contributed by atoms with E-state index in [9.17, 15) is 8.42 Å². The standard InChI is InChI=1S/C9H13N5O3S2/c1-5(9-10-13-14-11-9)12-19(16,17)8-3-7(4-15)18-6(8)2/h3,5,12,15H,4H2,1-2H3,(H,10,11,13,14). The highest BCUT2D eigenvalue weighted by Gasteiger charge is 2.24. The Morgan fingerprint density at radius 1 is 1.58 bits per heavy atom. The summed E-state index contributed by atoms with van der Waals surface area (Å²) in [6.45, 7) is 3.13. The number of hydrogen-bond acceptors (Lipinski definition) is 7. The summed E-state index contributed by atoms with van der Waals surface area (Å²) in [4.78, 5) is 1.39. The van der Waals surface area contributed by atoms with Crippen molar-refractivity contribution >= 4 is 21.4 Å². The number of aliphatic hydroxyl groups excluding tert-OH is 1. The average Bonchev–Trinajstić information content (AvgIpc) is 2.96. The zero-order valence-corrected chi connectivity index (χ0v) is 11.9. The number of nitrogens with zero attached hydrogens (tertiary/aromatic N) is 3. The summed E-state index contributed by atoms with van der Waals surface area (Å²) in [6.07, 6.45) is 0. The van der Waals surface area contributed by atoms with Crippen molar-refractivity contribution in [2.45, 2.75) is 31.4 Å². The normalized spacial score (nSPS) is 13.6. The summed E-state index contributed by atoms with van der Waals surface area (Å²) in [7, 11) is -3.68. The van der Waals surface area contributed by atoms with Gasteiger partial charge in [0.25, 0.3) is 0 Å². The Morgan fingerprint density at radius 2 is 2.32 bits per heavy atom. The molecule has 19 heavy (non-hydrogen) atoms. The number of nitrogens with one attached hydrogen (secondary N) is 2. The molecular weight excluding hydrogens is 290 g/mol. The highest BCUT2D eigenvalue weighted by Crippen LogP contribution is 2.26. The summed E-state index contributed by atoms with van der Waals surface area (Å²) in [5.74, 6) is 0.263. The van der Waals surface area contributed by atoms with E-state index >= 15 is 0 Å². The van der Waals surface area contributed by atoms with Gasteiger partial charge in [0.05, 0.1) is 17.5 Å². The maximum atomic E-state index is 12.2. The number of H-pyrrole nitrogens is 1. The predicted octanol–water partition coefficient (Wildman–Crippen LogP) is 0.101. The Kier molecular flexibility index (Phi) is 3.94. The number of aromatic amines is 1. The number of rotatable bonds is 5. The third kappa shape index (κ3) is 2.97. The van der Waals surface area contributed by atoms with Gasteiger partial charge >= 0.3 is 0 Å². The van der Waals surface area contributed by atoms with Crippen LogP contribution < -0.4 is 4.72 Å². The highest BCUT2D eigenvalue weighted by atomic mass is 32.2. The predicted molar refractivity (Wildman–Crippen MR) is 67.9 cm³/mol. The van der Waals surface area contributed by atoms with Crippen molar-refractivity contribution in [2.24, 2.45) is 0 Å². The lowest BCUT2D eigenvalue weighted by molar-refractivity contribution is 0.285. The fourth-order valence-electron chi connectivity index (χ4n) is 1.57. The van der Waals surface area contributed by atoms with E-state index in [-0.39, 0.29) is 17.3 Å². The summed E-state index contributed by atoms with van der Waals surface area (Å²) < 4.78 is 26.9. The van der Waals surface area contributed by atoms with Gasteiger partial charge in [-0.05, 0) is 19.9 Å². The van der Waals surface area contributed by atoms with Crippen molar-refractivity contribution in [3.63, 3.8) is 0 Å². The molecule has 2 aromatic heterocycles. The van der Waals surface area contributed by atoms with Crippen LogP contribution in [0.5, 0.6) is 0 Å². The minimum absolute atomic E-state index is 0.164. The quantitative estimate of drug-likeness (QED) is 0.720. The van der Waals surface area contributed by atoms with Crippen LogP contribution in [-0.4, -0.2) is 34.1 Å². The molecule has 0 aliphatic rings. The van der Waals surface area contributed by atoms with Gasteiger partial charge in [-0.1, -0.05) is 5.21 Å². The number of aryl methyl sites for hydroxylation is 1. The summed E-state index contributed by atoms with van der Waals surface area (Å²) in [6, 6.07) is 0.867. The number of hydrogen-bond donors (Lipinski definition) is 3. The molecule has 2 aromatic rings. The lowest BCUT2D eigenvalue weighted by Crippen LogP contribution is -2.27. The molecular formula is C9H13N5O3S2. The van der Waals surface area contributed by atoms with E-state index in [4.69, 9.17) is 5.11 Å². The summed E-state index contributed by atoms with van der Waals surface area (Å²) in [5, 5.41) is 22.1. The maximum Gasteiger partial charge on any atom is 0.242 e. The molecule has 0 spiro atoms. The molecule has 0 aromatic carbocycles. The van der Waals surface area contributed by atoms with Crippen LogP contribution in [-0.2, 0) is 16.6 Å². The topological polar surface area (TPSA) is 121 Å². The maximum absolute atomic E-state index is 12.2. The zero-order valence-electron chi connectivity index (χ0n) is 10.3. The molecule has 0 aliphatic carbocycles. The van der Waals surface area contributed by atoms with Gasteiger partial charge < -0.3 is 5.11 Å². The van der Waals surface area contributed by atoms with Gasteiger partial charge in [-0.2, -0.15) is 5.21 Å². The van der Waals surface area contributed by atoms with Gasteiger partial charge in [-0.15, -0.1) is 21.5 Å². The van der Waals surface area contributed by atoms with Crippen LogP contribution in [0, 0.1) is 6.92 Å². The van der Waals surface area contributed by atoms with Crippen LogP contribution in [0.1, 0.15) is 28.5 Å². The van der Waals surface area contributed by atoms with Crippen LogP contribution in [0.25, 0.3) is 0 Å². The number of sulfonamides is 1. The van der Waals surface area contributed by atoms with Crippen LogP contribution in [0.2, 0.25) is 0 Å². The van der Waals surface area contributed by atoms with Gasteiger partial charge in [0, 0.05) is 9.75 Å². The lowest BCUT2D eigenvalue weighted by atomic mass is 10.4. The molecule has 104 valence electrons. The summed E-state index contributed by atoms with van der Waals surface area (Å²) in [5.41, 5.74) is 0. The van der Waals surface area contributed by atoms with Crippen LogP contribution in [0.3, 0.4) is 0 Å². The molecule has 2 rings (SSSR count). The second kappa shape index (κ2) is 5.33. The molecule has 0 saturated heterocycles. The number of aliphatic hydroxyl groups is 1. The molecule has 2 heterocycles. The minimum Gasteiger partial charge on any atom is -0.391 e. The first-order valence-electron chi connectivity index (χ1n) is 5.40. The van der Waals surface area contributed by atoms with E-state index in [0.717, 1.165) is 0 Å². The van der Waals surface area contributed by atoms with Gasteiger partial charge in [0.1, 0.15) is 0 Å². The van der Waals surface area contributed by atoms with E-state index in [2.05, 4.69) is 25.3 Å². The molecule has 0 fully saturated rings. The van der Waals surface area contributed by atoms with E-state index in [1.54, 1.807) is 13.8 Å². The molecule has 1 unspecified atom stereocenters. The Bertz CT molecular complexity index is 649. The van der Waals surface area contributed by atoms with Crippen molar-refractivity contribution in [1.82, 2.24) is 25.3 Å². The van der Waals surface area contributed by atoms with Gasteiger partial charge in [0.15, 0.2) is 5.82 Å². The van der Waals surface area contributed by atoms with Gasteiger partial charge in [0.2, 0.25) is 10.0 Å². The molecule has 0 bridgehead atoms. The average molecular weight is 303 g/mol. The Labute approximate surface area is 113 Å². The van der Waals surface area contributed by atoms with E-state index in [0.29, 0.717) is 9.75 Å². The molecule has 10 heteroatoms. The van der Waals surface area contributed by atoms with Crippen LogP contribution >= 0.6 is 11.3 Å². The van der Waals surface area contributed by atoms with Crippen molar-refractivity contribution in [2.75, 3.05) is 0 Å².